The summed E-state index contributed by atoms with van der Waals surface area (Å²) >= 11 is 3.18. The van der Waals surface area contributed by atoms with E-state index < -0.39 is 5.91 Å². The van der Waals surface area contributed by atoms with E-state index in [9.17, 15) is 4.79 Å². The van der Waals surface area contributed by atoms with Crippen LogP contribution in [0.25, 0.3) is 11.7 Å². The Morgan fingerprint density at radius 1 is 1.17 bits per heavy atom. The van der Waals surface area contributed by atoms with Crippen LogP contribution in [0, 0.1) is 0 Å². The van der Waals surface area contributed by atoms with Crippen LogP contribution in [-0.4, -0.2) is 29.8 Å². The molecule has 0 radical (unpaired) electrons. The highest BCUT2D eigenvalue weighted by atomic mass is 79.9. The molecule has 0 spiro atoms. The van der Waals surface area contributed by atoms with E-state index in [1.54, 1.807) is 36.4 Å². The largest absolute Gasteiger partial charge is 0.493 e. The lowest BCUT2D eigenvalue weighted by molar-refractivity contribution is -0.118. The summed E-state index contributed by atoms with van der Waals surface area (Å²) in [5.74, 6) is 1.09. The van der Waals surface area contributed by atoms with Gasteiger partial charge in [-0.1, -0.05) is 17.2 Å². The summed E-state index contributed by atoms with van der Waals surface area (Å²) < 4.78 is 21.7. The molecule has 0 aliphatic carbocycles. The second kappa shape index (κ2) is 7.18. The number of hydrogen-bond donors (Lipinski definition) is 1. The summed E-state index contributed by atoms with van der Waals surface area (Å²) in [6.45, 7) is -0.232. The van der Waals surface area contributed by atoms with Gasteiger partial charge in [0.25, 0.3) is 11.8 Å². The number of hydrogen-bond acceptors (Lipinski definition) is 7. The summed E-state index contributed by atoms with van der Waals surface area (Å²) in [5, 5.41) is 9.97. The fourth-order valence-electron chi connectivity index (χ4n) is 1.84. The molecule has 1 aromatic carbocycles. The van der Waals surface area contributed by atoms with E-state index in [1.807, 2.05) is 0 Å². The van der Waals surface area contributed by atoms with Crippen LogP contribution in [-0.2, 0) is 4.79 Å². The maximum Gasteiger partial charge on any atom is 0.322 e. The smallest absolute Gasteiger partial charge is 0.322 e. The first-order valence-electron chi connectivity index (χ1n) is 6.80. The van der Waals surface area contributed by atoms with Gasteiger partial charge < -0.3 is 18.3 Å². The molecule has 0 aliphatic rings. The highest BCUT2D eigenvalue weighted by Gasteiger charge is 2.15. The normalized spacial score (nSPS) is 10.4. The van der Waals surface area contributed by atoms with Crippen LogP contribution < -0.4 is 14.8 Å². The first kappa shape index (κ1) is 16.1. The standard InChI is InChI=1S/C15H12BrN3O5/c1-21-9-4-2-3-5-10(9)22-8-13(20)17-15-19-18-14(24-15)11-6-7-12(16)23-11/h2-7H,8H2,1H3,(H,17,19,20). The summed E-state index contributed by atoms with van der Waals surface area (Å²) in [6.07, 6.45) is 0. The molecule has 0 saturated carbocycles. The third kappa shape index (κ3) is 3.74. The van der Waals surface area contributed by atoms with E-state index in [0.717, 1.165) is 0 Å². The predicted molar refractivity (Wildman–Crippen MR) is 86.8 cm³/mol. The molecule has 24 heavy (non-hydrogen) atoms. The van der Waals surface area contributed by atoms with Gasteiger partial charge in [0.15, 0.2) is 28.5 Å². The average molecular weight is 394 g/mol. The number of carbonyl (C=O) groups excluding carboxylic acids is 1. The Balaban J connectivity index is 1.58. The van der Waals surface area contributed by atoms with Gasteiger partial charge in [0.05, 0.1) is 7.11 Å². The Hall–Kier alpha value is -2.81. The number of furan rings is 1. The zero-order valence-electron chi connectivity index (χ0n) is 12.5. The zero-order chi connectivity index (χ0) is 16.9. The fraction of sp³-hybridized carbons (Fsp3) is 0.133. The summed E-state index contributed by atoms with van der Waals surface area (Å²) in [4.78, 5) is 11.9. The van der Waals surface area contributed by atoms with Crippen molar-refractivity contribution in [3.8, 4) is 23.1 Å². The first-order valence-corrected chi connectivity index (χ1v) is 7.60. The van der Waals surface area contributed by atoms with Gasteiger partial charge >= 0.3 is 6.01 Å². The lowest BCUT2D eigenvalue weighted by Crippen LogP contribution is -2.20. The number of amides is 1. The van der Waals surface area contributed by atoms with Crippen molar-refractivity contribution >= 4 is 27.9 Å². The minimum atomic E-state index is -0.447. The molecule has 0 unspecified atom stereocenters. The highest BCUT2D eigenvalue weighted by Crippen LogP contribution is 2.26. The van der Waals surface area contributed by atoms with Crippen LogP contribution >= 0.6 is 15.9 Å². The molecule has 0 atom stereocenters. The SMILES string of the molecule is COc1ccccc1OCC(=O)Nc1nnc(-c2ccc(Br)o2)o1. The summed E-state index contributed by atoms with van der Waals surface area (Å²) in [7, 11) is 1.52. The van der Waals surface area contributed by atoms with E-state index in [1.165, 1.54) is 7.11 Å². The molecule has 9 heteroatoms. The fourth-order valence-corrected chi connectivity index (χ4v) is 2.15. The molecule has 8 nitrogen and oxygen atoms in total. The van der Waals surface area contributed by atoms with Gasteiger partial charge in [0.1, 0.15) is 0 Å². The number of methoxy groups -OCH3 is 1. The van der Waals surface area contributed by atoms with E-state index >= 15 is 0 Å². The lowest BCUT2D eigenvalue weighted by Gasteiger charge is -2.09. The number of nitrogens with zero attached hydrogens (tertiary/aromatic N) is 2. The summed E-state index contributed by atoms with van der Waals surface area (Å²) in [6, 6.07) is 10.3. The zero-order valence-corrected chi connectivity index (χ0v) is 14.1. The molecule has 3 aromatic rings. The second-order valence-electron chi connectivity index (χ2n) is 4.50. The first-order chi connectivity index (χ1) is 11.7. The second-order valence-corrected chi connectivity index (χ2v) is 5.29. The van der Waals surface area contributed by atoms with Gasteiger partial charge in [0, 0.05) is 0 Å². The number of para-hydroxylation sites is 2. The minimum Gasteiger partial charge on any atom is -0.493 e. The van der Waals surface area contributed by atoms with Crippen LogP contribution in [0.4, 0.5) is 6.01 Å². The topological polar surface area (TPSA) is 99.6 Å². The van der Waals surface area contributed by atoms with Crippen molar-refractivity contribution in [2.24, 2.45) is 0 Å². The molecule has 1 N–H and O–H groups in total. The van der Waals surface area contributed by atoms with Gasteiger partial charge in [-0.2, -0.15) is 0 Å². The average Bonchev–Trinajstić information content (AvgIpc) is 3.22. The molecule has 0 saturated heterocycles. The van der Waals surface area contributed by atoms with Crippen LogP contribution in [0.1, 0.15) is 0 Å². The van der Waals surface area contributed by atoms with Gasteiger partial charge in [-0.25, -0.2) is 0 Å². The third-order valence-corrected chi connectivity index (χ3v) is 3.31. The molecular formula is C15H12BrN3O5. The van der Waals surface area contributed by atoms with E-state index in [0.29, 0.717) is 21.9 Å². The molecular weight excluding hydrogens is 382 g/mol. The highest BCUT2D eigenvalue weighted by molar-refractivity contribution is 9.10. The Bertz CT molecular complexity index is 845. The number of benzene rings is 1. The van der Waals surface area contributed by atoms with E-state index in [4.69, 9.17) is 18.3 Å². The lowest BCUT2D eigenvalue weighted by atomic mass is 10.3. The van der Waals surface area contributed by atoms with E-state index in [-0.39, 0.29) is 18.5 Å². The molecule has 0 aliphatic heterocycles. The third-order valence-electron chi connectivity index (χ3n) is 2.88. The van der Waals surface area contributed by atoms with Crippen molar-refractivity contribution in [3.63, 3.8) is 0 Å². The molecule has 124 valence electrons. The number of carbonyl (C=O) groups is 1. The monoisotopic (exact) mass is 393 g/mol. The van der Waals surface area contributed by atoms with Gasteiger partial charge in [0.2, 0.25) is 0 Å². The number of ether oxygens (including phenoxy) is 2. The molecule has 1 amide bonds. The van der Waals surface area contributed by atoms with Crippen molar-refractivity contribution in [1.82, 2.24) is 10.2 Å². The van der Waals surface area contributed by atoms with Crippen molar-refractivity contribution in [1.29, 1.82) is 0 Å². The number of nitrogens with one attached hydrogen (secondary N) is 1. The molecule has 2 heterocycles. The molecule has 0 bridgehead atoms. The number of rotatable bonds is 6. The maximum absolute atomic E-state index is 11.9. The van der Waals surface area contributed by atoms with Crippen LogP contribution in [0.5, 0.6) is 11.5 Å². The van der Waals surface area contributed by atoms with Crippen LogP contribution in [0.15, 0.2) is 49.9 Å². The Morgan fingerprint density at radius 3 is 2.67 bits per heavy atom. The number of aromatic nitrogens is 2. The quantitative estimate of drug-likeness (QED) is 0.686. The maximum atomic E-state index is 11.9. The van der Waals surface area contributed by atoms with Crippen molar-refractivity contribution in [2.75, 3.05) is 19.0 Å². The minimum absolute atomic E-state index is 0.0499. The Morgan fingerprint density at radius 2 is 1.96 bits per heavy atom. The van der Waals surface area contributed by atoms with Gasteiger partial charge in [-0.05, 0) is 40.2 Å². The van der Waals surface area contributed by atoms with Crippen molar-refractivity contribution < 1.29 is 23.1 Å². The Kier molecular flexibility index (Phi) is 4.80. The van der Waals surface area contributed by atoms with Crippen LogP contribution in [0.3, 0.4) is 0 Å². The number of halogens is 1. The number of anilines is 1. The van der Waals surface area contributed by atoms with E-state index in [2.05, 4.69) is 31.4 Å². The van der Waals surface area contributed by atoms with Crippen molar-refractivity contribution in [2.45, 2.75) is 0 Å². The summed E-state index contributed by atoms with van der Waals surface area (Å²) in [5.41, 5.74) is 0. The van der Waals surface area contributed by atoms with Crippen molar-refractivity contribution in [3.05, 3.63) is 41.1 Å². The Labute approximate surface area is 144 Å². The van der Waals surface area contributed by atoms with Gasteiger partial charge in [-0.3, -0.25) is 10.1 Å². The van der Waals surface area contributed by atoms with Gasteiger partial charge in [-0.15, -0.1) is 5.10 Å². The predicted octanol–water partition coefficient (Wildman–Crippen LogP) is 3.12. The molecule has 3 rings (SSSR count). The molecule has 0 fully saturated rings. The molecule has 2 aromatic heterocycles. The van der Waals surface area contributed by atoms with Crippen LogP contribution in [0.2, 0.25) is 0 Å².